The van der Waals surface area contributed by atoms with E-state index >= 15 is 0 Å². The van der Waals surface area contributed by atoms with Gasteiger partial charge in [-0.05, 0) is 35.4 Å². The summed E-state index contributed by atoms with van der Waals surface area (Å²) in [5, 5.41) is 9.73. The summed E-state index contributed by atoms with van der Waals surface area (Å²) in [6.07, 6.45) is 1.61. The molecule has 4 aliphatic rings. The quantitative estimate of drug-likeness (QED) is 0.587. The van der Waals surface area contributed by atoms with Gasteiger partial charge in [0.15, 0.2) is 0 Å². The lowest BCUT2D eigenvalue weighted by Gasteiger charge is -2.60. The number of hydrogen-bond acceptors (Lipinski definition) is 5. The van der Waals surface area contributed by atoms with Crippen LogP contribution in [-0.4, -0.2) is 66.3 Å². The maximum absolute atomic E-state index is 13.4. The van der Waals surface area contributed by atoms with Crippen LogP contribution in [-0.2, 0) is 0 Å². The Bertz CT molecular complexity index is 905. The standard InChI is InChI=1S/C21H21ClFN5/c22-18-6-4-17(5-7-18)20(25-24-9-16-2-1-3-19(23)8-16)21-10-26-13-27(11-21)15-28(12-21)14-26/h1-9H,10-15H2/b24-9-,25-20+. The van der Waals surface area contributed by atoms with E-state index in [4.69, 9.17) is 11.6 Å². The summed E-state index contributed by atoms with van der Waals surface area (Å²) in [7, 11) is 0. The van der Waals surface area contributed by atoms with Gasteiger partial charge in [-0.15, -0.1) is 0 Å². The number of benzene rings is 2. The molecule has 0 atom stereocenters. The summed E-state index contributed by atoms with van der Waals surface area (Å²) in [5.74, 6) is -0.277. The van der Waals surface area contributed by atoms with E-state index in [1.807, 2.05) is 30.3 Å². The topological polar surface area (TPSA) is 34.4 Å². The summed E-state index contributed by atoms with van der Waals surface area (Å²) in [6.45, 7) is 5.95. The Kier molecular flexibility index (Phi) is 4.51. The molecule has 4 heterocycles. The molecule has 0 aliphatic carbocycles. The number of halogens is 2. The summed E-state index contributed by atoms with van der Waals surface area (Å²) in [6, 6.07) is 14.2. The summed E-state index contributed by atoms with van der Waals surface area (Å²) in [5.41, 5.74) is 2.60. The van der Waals surface area contributed by atoms with E-state index in [2.05, 4.69) is 24.9 Å². The lowest BCUT2D eigenvalue weighted by atomic mass is 9.74. The van der Waals surface area contributed by atoms with Crippen LogP contribution in [0.2, 0.25) is 5.02 Å². The highest BCUT2D eigenvalue weighted by molar-refractivity contribution is 6.30. The second kappa shape index (κ2) is 7.04. The molecule has 0 saturated carbocycles. The SMILES string of the molecule is Fc1cccc(/C=N\N=C(/c2ccc(Cl)cc2)C23CN4CN(CN(C4)C2)C3)c1. The number of hydrogen-bond donors (Lipinski definition) is 0. The summed E-state index contributed by atoms with van der Waals surface area (Å²) < 4.78 is 13.4. The Morgan fingerprint density at radius 3 is 2.21 bits per heavy atom. The highest BCUT2D eigenvalue weighted by Gasteiger charge is 2.51. The Balaban J connectivity index is 1.53. The normalized spacial score (nSPS) is 31.6. The van der Waals surface area contributed by atoms with Crippen LogP contribution in [0.1, 0.15) is 11.1 Å². The van der Waals surface area contributed by atoms with Crippen molar-refractivity contribution in [3.05, 3.63) is 70.5 Å². The fourth-order valence-electron chi connectivity index (χ4n) is 4.76. The largest absolute Gasteiger partial charge is 0.276 e. The Morgan fingerprint density at radius 1 is 0.964 bits per heavy atom. The maximum atomic E-state index is 13.4. The van der Waals surface area contributed by atoms with E-state index in [9.17, 15) is 4.39 Å². The second-order valence-electron chi connectivity index (χ2n) is 7.95. The monoisotopic (exact) mass is 397 g/mol. The third-order valence-corrected chi connectivity index (χ3v) is 5.86. The van der Waals surface area contributed by atoms with Gasteiger partial charge in [0.2, 0.25) is 0 Å². The molecule has 0 N–H and O–H groups in total. The summed E-state index contributed by atoms with van der Waals surface area (Å²) >= 11 is 6.10. The van der Waals surface area contributed by atoms with Gasteiger partial charge >= 0.3 is 0 Å². The van der Waals surface area contributed by atoms with Crippen molar-refractivity contribution in [2.75, 3.05) is 39.6 Å². The molecule has 144 valence electrons. The zero-order valence-corrected chi connectivity index (χ0v) is 16.2. The molecule has 0 aromatic heterocycles. The van der Waals surface area contributed by atoms with Gasteiger partial charge in [-0.2, -0.15) is 10.2 Å². The molecule has 4 saturated heterocycles. The Labute approximate surface area is 168 Å². The molecule has 2 aromatic rings. The predicted molar refractivity (Wildman–Crippen MR) is 109 cm³/mol. The lowest BCUT2D eigenvalue weighted by Crippen LogP contribution is -2.74. The second-order valence-corrected chi connectivity index (χ2v) is 8.38. The van der Waals surface area contributed by atoms with Crippen molar-refractivity contribution in [3.8, 4) is 0 Å². The minimum atomic E-state index is -0.277. The van der Waals surface area contributed by atoms with Crippen LogP contribution >= 0.6 is 11.6 Å². The Hall–Kier alpha value is -2.12. The van der Waals surface area contributed by atoms with E-state index in [1.165, 1.54) is 12.1 Å². The van der Waals surface area contributed by atoms with Crippen molar-refractivity contribution in [2.45, 2.75) is 0 Å². The van der Waals surface area contributed by atoms with E-state index in [0.29, 0.717) is 10.6 Å². The molecule has 28 heavy (non-hydrogen) atoms. The highest BCUT2D eigenvalue weighted by atomic mass is 35.5. The first-order chi connectivity index (χ1) is 13.6. The van der Waals surface area contributed by atoms with Crippen molar-refractivity contribution in [2.24, 2.45) is 15.6 Å². The van der Waals surface area contributed by atoms with E-state index < -0.39 is 0 Å². The molecule has 0 unspecified atom stereocenters. The molecule has 6 rings (SSSR count). The zero-order valence-electron chi connectivity index (χ0n) is 15.4. The molecule has 0 radical (unpaired) electrons. The lowest BCUT2D eigenvalue weighted by molar-refractivity contribution is -0.149. The average molecular weight is 398 g/mol. The van der Waals surface area contributed by atoms with E-state index in [-0.39, 0.29) is 11.2 Å². The minimum absolute atomic E-state index is 0.0954. The van der Waals surface area contributed by atoms with Crippen molar-refractivity contribution in [1.29, 1.82) is 0 Å². The molecular formula is C21H21ClFN5. The van der Waals surface area contributed by atoms with Gasteiger partial charge in [-0.1, -0.05) is 35.9 Å². The van der Waals surface area contributed by atoms with Gasteiger partial charge in [0, 0.05) is 24.7 Å². The fourth-order valence-corrected chi connectivity index (χ4v) is 4.89. The maximum Gasteiger partial charge on any atom is 0.123 e. The summed E-state index contributed by atoms with van der Waals surface area (Å²) in [4.78, 5) is 7.37. The number of rotatable bonds is 4. The van der Waals surface area contributed by atoms with E-state index in [1.54, 1.807) is 12.3 Å². The molecule has 0 amide bonds. The third-order valence-electron chi connectivity index (χ3n) is 5.61. The van der Waals surface area contributed by atoms with Gasteiger partial charge in [0.1, 0.15) is 5.82 Å². The molecule has 4 bridgehead atoms. The first-order valence-corrected chi connectivity index (χ1v) is 9.78. The molecule has 4 aliphatic heterocycles. The third kappa shape index (κ3) is 3.37. The van der Waals surface area contributed by atoms with Crippen LogP contribution in [0, 0.1) is 11.2 Å². The van der Waals surface area contributed by atoms with E-state index in [0.717, 1.165) is 50.9 Å². The average Bonchev–Trinajstić information content (AvgIpc) is 2.65. The van der Waals surface area contributed by atoms with Gasteiger partial charge in [0.25, 0.3) is 0 Å². The van der Waals surface area contributed by atoms with Crippen LogP contribution in [0.4, 0.5) is 4.39 Å². The van der Waals surface area contributed by atoms with Crippen LogP contribution in [0.15, 0.2) is 58.7 Å². The Morgan fingerprint density at radius 2 is 1.61 bits per heavy atom. The van der Waals surface area contributed by atoms with Crippen molar-refractivity contribution < 1.29 is 4.39 Å². The molecule has 5 nitrogen and oxygen atoms in total. The molecule has 0 spiro atoms. The molecule has 4 fully saturated rings. The van der Waals surface area contributed by atoms with Gasteiger partial charge < -0.3 is 0 Å². The molecular weight excluding hydrogens is 377 g/mol. The zero-order chi connectivity index (χ0) is 19.1. The number of nitrogens with zero attached hydrogens (tertiary/aromatic N) is 5. The molecule has 7 heteroatoms. The van der Waals surface area contributed by atoms with Gasteiger partial charge in [-0.3, -0.25) is 14.7 Å². The van der Waals surface area contributed by atoms with Gasteiger partial charge in [0.05, 0.1) is 37.3 Å². The first-order valence-electron chi connectivity index (χ1n) is 9.40. The van der Waals surface area contributed by atoms with Crippen LogP contribution < -0.4 is 0 Å². The highest BCUT2D eigenvalue weighted by Crippen LogP contribution is 2.38. The van der Waals surface area contributed by atoms with Crippen LogP contribution in [0.3, 0.4) is 0 Å². The van der Waals surface area contributed by atoms with Gasteiger partial charge in [-0.25, -0.2) is 4.39 Å². The van der Waals surface area contributed by atoms with Crippen molar-refractivity contribution in [1.82, 2.24) is 14.7 Å². The van der Waals surface area contributed by atoms with Crippen molar-refractivity contribution in [3.63, 3.8) is 0 Å². The van der Waals surface area contributed by atoms with Crippen LogP contribution in [0.5, 0.6) is 0 Å². The minimum Gasteiger partial charge on any atom is -0.276 e. The van der Waals surface area contributed by atoms with Crippen LogP contribution in [0.25, 0.3) is 0 Å². The van der Waals surface area contributed by atoms with Crippen molar-refractivity contribution >= 4 is 23.5 Å². The first kappa shape index (κ1) is 17.9. The fraction of sp³-hybridized carbons (Fsp3) is 0.333. The predicted octanol–water partition coefficient (Wildman–Crippen LogP) is 3.11. The molecule has 2 aromatic carbocycles. The smallest absolute Gasteiger partial charge is 0.123 e.